The number of nitrogens with one attached hydrogen (secondary N) is 1. The quantitative estimate of drug-likeness (QED) is 0.337. The summed E-state index contributed by atoms with van der Waals surface area (Å²) >= 11 is 7.25. The number of fused-ring (bicyclic) bond motifs is 1. The lowest BCUT2D eigenvalue weighted by Crippen LogP contribution is -2.38. The molecule has 1 fully saturated rings. The highest BCUT2D eigenvalue weighted by Crippen LogP contribution is 2.36. The minimum absolute atomic E-state index is 0.206. The fraction of sp³-hybridized carbons (Fsp3) is 0.222. The third kappa shape index (κ3) is 5.23. The first-order valence-electron chi connectivity index (χ1n) is 11.8. The number of likely N-dealkylation sites (tertiary alicyclic amines) is 1. The summed E-state index contributed by atoms with van der Waals surface area (Å²) < 4.78 is 54.6. The highest BCUT2D eigenvalue weighted by atomic mass is 35.5. The maximum atomic E-state index is 13.2. The van der Waals surface area contributed by atoms with E-state index in [2.05, 4.69) is 4.72 Å². The van der Waals surface area contributed by atoms with E-state index >= 15 is 0 Å². The minimum atomic E-state index is -3.78. The van der Waals surface area contributed by atoms with Crippen molar-refractivity contribution in [2.24, 2.45) is 0 Å². The summed E-state index contributed by atoms with van der Waals surface area (Å²) in [5, 5.41) is 1.40. The van der Waals surface area contributed by atoms with Crippen molar-refractivity contribution in [2.75, 3.05) is 19.3 Å². The van der Waals surface area contributed by atoms with Crippen LogP contribution >= 0.6 is 22.9 Å². The fourth-order valence-corrected chi connectivity index (χ4v) is 8.98. The monoisotopic (exact) mass is 588 g/mol. The lowest BCUT2D eigenvalue weighted by molar-refractivity contribution is 0.0790. The highest BCUT2D eigenvalue weighted by molar-refractivity contribution is 7.92. The smallest absolute Gasteiger partial charge is 0.253 e. The average Bonchev–Trinajstić information content (AvgIpc) is 3.47. The zero-order valence-electron chi connectivity index (χ0n) is 20.6. The van der Waals surface area contributed by atoms with Crippen LogP contribution in [0.25, 0.3) is 21.2 Å². The molecule has 0 saturated carbocycles. The summed E-state index contributed by atoms with van der Waals surface area (Å²) in [6, 6.07) is 18.4. The molecule has 1 N–H and O–H groups in total. The Balaban J connectivity index is 1.29. The number of rotatable bonds is 6. The Hall–Kier alpha value is -2.76. The van der Waals surface area contributed by atoms with Crippen LogP contribution < -0.4 is 4.72 Å². The van der Waals surface area contributed by atoms with Crippen LogP contribution in [0.1, 0.15) is 22.3 Å². The molecular formula is C27H25ClN2O5S3. The van der Waals surface area contributed by atoms with Gasteiger partial charge in [-0.05, 0) is 60.2 Å². The highest BCUT2D eigenvalue weighted by Gasteiger charge is 2.32. The zero-order chi connectivity index (χ0) is 27.2. The van der Waals surface area contributed by atoms with E-state index in [0.717, 1.165) is 10.1 Å². The van der Waals surface area contributed by atoms with E-state index in [1.807, 2.05) is 6.07 Å². The number of halogens is 1. The maximum Gasteiger partial charge on any atom is 0.253 e. The molecule has 0 spiro atoms. The minimum Gasteiger partial charge on any atom is -0.337 e. The Labute approximate surface area is 231 Å². The second-order valence-corrected chi connectivity index (χ2v) is 14.7. The van der Waals surface area contributed by atoms with Gasteiger partial charge in [-0.25, -0.2) is 21.6 Å². The molecule has 0 aliphatic carbocycles. The standard InChI is InChI=1S/C27H25ClN2O5S3/c1-17-22-12-11-20(28)15-24(22)36-27(17)38(34,35)29-21-13-14-30(16-21)26(31)19-9-7-18(8-10-19)23-5-3-4-6-25(23)37(2,32)33/h3-12,15,21,29H,13-14,16H2,1-2H3. The van der Waals surface area contributed by atoms with Gasteiger partial charge < -0.3 is 4.90 Å². The molecule has 1 aromatic heterocycles. The number of hydrogen-bond donors (Lipinski definition) is 1. The van der Waals surface area contributed by atoms with Crippen molar-refractivity contribution in [1.82, 2.24) is 9.62 Å². The first kappa shape index (κ1) is 26.8. The van der Waals surface area contributed by atoms with E-state index in [9.17, 15) is 21.6 Å². The Morgan fingerprint density at radius 3 is 2.45 bits per heavy atom. The van der Waals surface area contributed by atoms with Crippen LogP contribution in [0, 0.1) is 6.92 Å². The molecule has 1 unspecified atom stereocenters. The zero-order valence-corrected chi connectivity index (χ0v) is 23.8. The molecule has 4 aromatic rings. The number of aryl methyl sites for hydroxylation is 1. The number of sulfonamides is 1. The molecule has 1 aliphatic rings. The molecule has 2 heterocycles. The van der Waals surface area contributed by atoms with Crippen LogP contribution in [-0.2, 0) is 19.9 Å². The lowest BCUT2D eigenvalue weighted by Gasteiger charge is -2.17. The molecule has 11 heteroatoms. The van der Waals surface area contributed by atoms with E-state index in [1.165, 1.54) is 17.6 Å². The Bertz CT molecular complexity index is 1760. The second-order valence-electron chi connectivity index (χ2n) is 9.36. The third-order valence-electron chi connectivity index (χ3n) is 6.63. The van der Waals surface area contributed by atoms with Crippen molar-refractivity contribution in [3.8, 4) is 11.1 Å². The van der Waals surface area contributed by atoms with Gasteiger partial charge in [0, 0.05) is 46.2 Å². The Morgan fingerprint density at radius 2 is 1.74 bits per heavy atom. The molecule has 0 bridgehead atoms. The number of carbonyl (C=O) groups excluding carboxylic acids is 1. The van der Waals surface area contributed by atoms with E-state index in [-0.39, 0.29) is 21.6 Å². The summed E-state index contributed by atoms with van der Waals surface area (Å²) in [6.07, 6.45) is 1.67. The summed E-state index contributed by atoms with van der Waals surface area (Å²) in [5.41, 5.74) is 2.39. The maximum absolute atomic E-state index is 13.2. The van der Waals surface area contributed by atoms with Gasteiger partial charge in [0.25, 0.3) is 15.9 Å². The van der Waals surface area contributed by atoms with E-state index in [0.29, 0.717) is 40.2 Å². The molecule has 1 atom stereocenters. The van der Waals surface area contributed by atoms with Gasteiger partial charge in [-0.3, -0.25) is 4.79 Å². The fourth-order valence-electron chi connectivity index (χ4n) is 4.75. The number of nitrogens with zero attached hydrogens (tertiary/aromatic N) is 1. The van der Waals surface area contributed by atoms with Crippen molar-refractivity contribution in [2.45, 2.75) is 28.5 Å². The van der Waals surface area contributed by atoms with Crippen molar-refractivity contribution in [3.63, 3.8) is 0 Å². The molecule has 38 heavy (non-hydrogen) atoms. The van der Waals surface area contributed by atoms with Gasteiger partial charge in [0.2, 0.25) is 0 Å². The van der Waals surface area contributed by atoms with E-state index in [4.69, 9.17) is 11.6 Å². The van der Waals surface area contributed by atoms with Gasteiger partial charge in [0.15, 0.2) is 9.84 Å². The Kier molecular flexibility index (Phi) is 7.12. The van der Waals surface area contributed by atoms with Crippen LogP contribution in [0.4, 0.5) is 0 Å². The largest absolute Gasteiger partial charge is 0.337 e. The molecule has 0 radical (unpaired) electrons. The number of benzene rings is 3. The van der Waals surface area contributed by atoms with Crippen LogP contribution in [0.5, 0.6) is 0 Å². The third-order valence-corrected chi connectivity index (χ3v) is 11.4. The van der Waals surface area contributed by atoms with Gasteiger partial charge >= 0.3 is 0 Å². The molecule has 7 nitrogen and oxygen atoms in total. The van der Waals surface area contributed by atoms with Gasteiger partial charge in [-0.1, -0.05) is 48.0 Å². The lowest BCUT2D eigenvalue weighted by atomic mass is 10.0. The summed E-state index contributed by atoms with van der Waals surface area (Å²) in [7, 11) is -7.19. The molecular weight excluding hydrogens is 564 g/mol. The molecule has 1 amide bonds. The number of thiophene rings is 1. The van der Waals surface area contributed by atoms with Crippen molar-refractivity contribution in [1.29, 1.82) is 0 Å². The average molecular weight is 589 g/mol. The van der Waals surface area contributed by atoms with Gasteiger partial charge in [0.05, 0.1) is 4.90 Å². The van der Waals surface area contributed by atoms with Gasteiger partial charge in [0.1, 0.15) is 4.21 Å². The summed E-state index contributed by atoms with van der Waals surface area (Å²) in [4.78, 5) is 15.0. The summed E-state index contributed by atoms with van der Waals surface area (Å²) in [6.45, 7) is 2.46. The molecule has 198 valence electrons. The Morgan fingerprint density at radius 1 is 1.03 bits per heavy atom. The summed E-state index contributed by atoms with van der Waals surface area (Å²) in [5.74, 6) is -0.206. The first-order valence-corrected chi connectivity index (χ1v) is 16.4. The predicted molar refractivity (Wildman–Crippen MR) is 151 cm³/mol. The number of hydrogen-bond acceptors (Lipinski definition) is 6. The van der Waals surface area contributed by atoms with Crippen LogP contribution in [-0.4, -0.2) is 53.0 Å². The van der Waals surface area contributed by atoms with Crippen LogP contribution in [0.15, 0.2) is 75.8 Å². The van der Waals surface area contributed by atoms with Crippen LogP contribution in [0.2, 0.25) is 5.02 Å². The van der Waals surface area contributed by atoms with Crippen molar-refractivity contribution >= 4 is 58.8 Å². The molecule has 5 rings (SSSR count). The van der Waals surface area contributed by atoms with Gasteiger partial charge in [-0.2, -0.15) is 0 Å². The van der Waals surface area contributed by atoms with Gasteiger partial charge in [-0.15, -0.1) is 11.3 Å². The van der Waals surface area contributed by atoms with Crippen molar-refractivity contribution in [3.05, 3.63) is 82.9 Å². The van der Waals surface area contributed by atoms with Crippen LogP contribution in [0.3, 0.4) is 0 Å². The molecule has 1 aliphatic heterocycles. The predicted octanol–water partition coefficient (Wildman–Crippen LogP) is 5.13. The van der Waals surface area contributed by atoms with E-state index in [1.54, 1.807) is 72.5 Å². The normalized spacial score (nSPS) is 16.3. The topological polar surface area (TPSA) is 101 Å². The first-order chi connectivity index (χ1) is 17.9. The molecule has 1 saturated heterocycles. The number of carbonyl (C=O) groups is 1. The SMILES string of the molecule is Cc1c(S(=O)(=O)NC2CCN(C(=O)c3ccc(-c4ccccc4S(C)(=O)=O)cc3)C2)sc2cc(Cl)ccc12. The molecule has 3 aromatic carbocycles. The van der Waals surface area contributed by atoms with E-state index < -0.39 is 25.9 Å². The number of amides is 1. The van der Waals surface area contributed by atoms with Crippen molar-refractivity contribution < 1.29 is 21.6 Å². The number of sulfone groups is 1. The second kappa shape index (κ2) is 10.1.